The highest BCUT2D eigenvalue weighted by molar-refractivity contribution is 6.05. The molecule has 0 radical (unpaired) electrons. The Kier molecular flexibility index (Phi) is 3.65. The fraction of sp³-hybridized carbons (Fsp3) is 0.0714. The maximum Gasteiger partial charge on any atom is 0.255 e. The first kappa shape index (κ1) is 13.9. The molecule has 0 heterocycles. The predicted octanol–water partition coefficient (Wildman–Crippen LogP) is 3.25. The first-order valence-corrected chi connectivity index (χ1v) is 5.71. The number of halogens is 3. The lowest BCUT2D eigenvalue weighted by Gasteiger charge is -2.10. The van der Waals surface area contributed by atoms with Crippen molar-refractivity contribution >= 4 is 17.3 Å². The summed E-state index contributed by atoms with van der Waals surface area (Å²) in [6.45, 7) is 1.49. The SMILES string of the molecule is Cc1cc(C(=O)Nc2c(N)ccc(F)c2F)ccc1F. The standard InChI is InChI=1S/C14H11F3N2O/c1-7-6-8(2-3-9(7)15)14(20)19-13-11(18)5-4-10(16)12(13)17/h2-6H,18H2,1H3,(H,19,20). The Balaban J connectivity index is 2.32. The van der Waals surface area contributed by atoms with Crippen molar-refractivity contribution in [2.24, 2.45) is 0 Å². The third-order valence-corrected chi connectivity index (χ3v) is 2.79. The first-order valence-electron chi connectivity index (χ1n) is 5.71. The van der Waals surface area contributed by atoms with Crippen LogP contribution in [0.25, 0.3) is 0 Å². The van der Waals surface area contributed by atoms with Crippen molar-refractivity contribution in [1.29, 1.82) is 0 Å². The van der Waals surface area contributed by atoms with Crippen molar-refractivity contribution in [2.45, 2.75) is 6.92 Å². The lowest BCUT2D eigenvalue weighted by atomic mass is 10.1. The van der Waals surface area contributed by atoms with Gasteiger partial charge in [0.15, 0.2) is 11.6 Å². The number of carbonyl (C=O) groups excluding carboxylic acids is 1. The van der Waals surface area contributed by atoms with Gasteiger partial charge in [-0.15, -0.1) is 0 Å². The summed E-state index contributed by atoms with van der Waals surface area (Å²) in [6.07, 6.45) is 0. The van der Waals surface area contributed by atoms with Crippen molar-refractivity contribution in [3.8, 4) is 0 Å². The smallest absolute Gasteiger partial charge is 0.255 e. The zero-order valence-corrected chi connectivity index (χ0v) is 10.5. The van der Waals surface area contributed by atoms with Crippen LogP contribution in [0.1, 0.15) is 15.9 Å². The van der Waals surface area contributed by atoms with Crippen LogP contribution in [-0.4, -0.2) is 5.91 Å². The minimum Gasteiger partial charge on any atom is -0.397 e. The van der Waals surface area contributed by atoms with Gasteiger partial charge in [-0.1, -0.05) is 0 Å². The maximum atomic E-state index is 13.6. The zero-order chi connectivity index (χ0) is 14.9. The number of rotatable bonds is 2. The molecular formula is C14H11F3N2O. The number of aryl methyl sites for hydroxylation is 1. The predicted molar refractivity (Wildman–Crippen MR) is 69.9 cm³/mol. The Bertz CT molecular complexity index is 686. The van der Waals surface area contributed by atoms with Crippen molar-refractivity contribution in [3.05, 3.63) is 58.9 Å². The number of hydrogen-bond acceptors (Lipinski definition) is 2. The van der Waals surface area contributed by atoms with Gasteiger partial charge in [-0.3, -0.25) is 4.79 Å². The molecule has 2 aromatic carbocycles. The van der Waals surface area contributed by atoms with Crippen LogP contribution >= 0.6 is 0 Å². The fourth-order valence-corrected chi connectivity index (χ4v) is 1.66. The molecule has 0 unspecified atom stereocenters. The molecule has 3 N–H and O–H groups in total. The number of hydrogen-bond donors (Lipinski definition) is 2. The summed E-state index contributed by atoms with van der Waals surface area (Å²) in [6, 6.07) is 5.67. The molecule has 0 fully saturated rings. The van der Waals surface area contributed by atoms with Crippen LogP contribution in [0, 0.1) is 24.4 Å². The molecule has 104 valence electrons. The molecule has 0 saturated carbocycles. The molecule has 0 aliphatic rings. The molecule has 0 aromatic heterocycles. The van der Waals surface area contributed by atoms with Crippen LogP contribution in [0.3, 0.4) is 0 Å². The average Bonchev–Trinajstić information content (AvgIpc) is 2.42. The number of amides is 1. The average molecular weight is 280 g/mol. The highest BCUT2D eigenvalue weighted by atomic mass is 19.2. The van der Waals surface area contributed by atoms with Gasteiger partial charge < -0.3 is 11.1 Å². The van der Waals surface area contributed by atoms with E-state index in [9.17, 15) is 18.0 Å². The van der Waals surface area contributed by atoms with Crippen molar-refractivity contribution in [3.63, 3.8) is 0 Å². The van der Waals surface area contributed by atoms with Crippen LogP contribution in [-0.2, 0) is 0 Å². The minimum atomic E-state index is -1.24. The van der Waals surface area contributed by atoms with Gasteiger partial charge in [-0.05, 0) is 42.8 Å². The lowest BCUT2D eigenvalue weighted by molar-refractivity contribution is 0.102. The maximum absolute atomic E-state index is 13.6. The van der Waals surface area contributed by atoms with Crippen LogP contribution < -0.4 is 11.1 Å². The van der Waals surface area contributed by atoms with E-state index in [1.807, 2.05) is 0 Å². The van der Waals surface area contributed by atoms with E-state index in [4.69, 9.17) is 5.73 Å². The molecule has 3 nitrogen and oxygen atoms in total. The van der Waals surface area contributed by atoms with Crippen LogP contribution in [0.15, 0.2) is 30.3 Å². The summed E-state index contributed by atoms with van der Waals surface area (Å²) in [5, 5.41) is 2.18. The third-order valence-electron chi connectivity index (χ3n) is 2.79. The Morgan fingerprint density at radius 1 is 1.10 bits per heavy atom. The quantitative estimate of drug-likeness (QED) is 0.830. The summed E-state index contributed by atoms with van der Waals surface area (Å²) in [7, 11) is 0. The fourth-order valence-electron chi connectivity index (χ4n) is 1.66. The number of anilines is 2. The number of benzene rings is 2. The molecule has 0 aliphatic carbocycles. The Hall–Kier alpha value is -2.50. The first-order chi connectivity index (χ1) is 9.40. The van der Waals surface area contributed by atoms with E-state index in [1.165, 1.54) is 19.1 Å². The highest BCUT2D eigenvalue weighted by Crippen LogP contribution is 2.25. The molecule has 20 heavy (non-hydrogen) atoms. The molecule has 0 bridgehead atoms. The summed E-state index contributed by atoms with van der Waals surface area (Å²) < 4.78 is 39.8. The Labute approximate surface area is 113 Å². The van der Waals surface area contributed by atoms with E-state index >= 15 is 0 Å². The molecule has 0 aliphatic heterocycles. The molecule has 1 amide bonds. The van der Waals surface area contributed by atoms with Crippen molar-refractivity contribution < 1.29 is 18.0 Å². The van der Waals surface area contributed by atoms with Gasteiger partial charge in [0.1, 0.15) is 11.5 Å². The monoisotopic (exact) mass is 280 g/mol. The number of nitrogens with one attached hydrogen (secondary N) is 1. The number of carbonyl (C=O) groups is 1. The topological polar surface area (TPSA) is 55.1 Å². The molecule has 2 aromatic rings. The third kappa shape index (κ3) is 2.59. The summed E-state index contributed by atoms with van der Waals surface area (Å²) in [5.41, 5.74) is 5.34. The Morgan fingerprint density at radius 2 is 1.75 bits per heavy atom. The van der Waals surface area contributed by atoms with Crippen molar-refractivity contribution in [2.75, 3.05) is 11.1 Å². The second kappa shape index (κ2) is 5.24. The zero-order valence-electron chi connectivity index (χ0n) is 10.5. The van der Waals surface area contributed by atoms with E-state index in [-0.39, 0.29) is 16.8 Å². The van der Waals surface area contributed by atoms with Crippen LogP contribution in [0.5, 0.6) is 0 Å². The number of nitrogen functional groups attached to an aromatic ring is 1. The number of nitrogens with two attached hydrogens (primary N) is 1. The summed E-state index contributed by atoms with van der Waals surface area (Å²) in [4.78, 5) is 11.9. The van der Waals surface area contributed by atoms with Crippen LogP contribution in [0.2, 0.25) is 0 Å². The second-order valence-corrected chi connectivity index (χ2v) is 4.24. The van der Waals surface area contributed by atoms with Crippen molar-refractivity contribution in [1.82, 2.24) is 0 Å². The second-order valence-electron chi connectivity index (χ2n) is 4.24. The van der Waals surface area contributed by atoms with E-state index < -0.39 is 29.0 Å². The van der Waals surface area contributed by atoms with E-state index in [0.717, 1.165) is 18.2 Å². The van der Waals surface area contributed by atoms with Crippen LogP contribution in [0.4, 0.5) is 24.5 Å². The lowest BCUT2D eigenvalue weighted by Crippen LogP contribution is -2.15. The minimum absolute atomic E-state index is 0.101. The van der Waals surface area contributed by atoms with E-state index in [0.29, 0.717) is 0 Å². The summed E-state index contributed by atoms with van der Waals surface area (Å²) in [5.74, 6) is -3.52. The van der Waals surface area contributed by atoms with E-state index in [1.54, 1.807) is 0 Å². The van der Waals surface area contributed by atoms with Gasteiger partial charge in [-0.2, -0.15) is 0 Å². The largest absolute Gasteiger partial charge is 0.397 e. The molecule has 0 atom stereocenters. The normalized spacial score (nSPS) is 10.4. The van der Waals surface area contributed by atoms with Gasteiger partial charge in [-0.25, -0.2) is 13.2 Å². The van der Waals surface area contributed by atoms with Gasteiger partial charge in [0.25, 0.3) is 5.91 Å². The molecule has 2 rings (SSSR count). The molecule has 6 heteroatoms. The van der Waals surface area contributed by atoms with Gasteiger partial charge in [0, 0.05) is 5.56 Å². The Morgan fingerprint density at radius 3 is 2.40 bits per heavy atom. The molecule has 0 saturated heterocycles. The molecule has 0 spiro atoms. The highest BCUT2D eigenvalue weighted by Gasteiger charge is 2.16. The van der Waals surface area contributed by atoms with Gasteiger partial charge in [0.2, 0.25) is 0 Å². The summed E-state index contributed by atoms with van der Waals surface area (Å²) >= 11 is 0. The van der Waals surface area contributed by atoms with Gasteiger partial charge >= 0.3 is 0 Å². The van der Waals surface area contributed by atoms with Gasteiger partial charge in [0.05, 0.1) is 5.69 Å². The molecular weight excluding hydrogens is 269 g/mol. The van der Waals surface area contributed by atoms with E-state index in [2.05, 4.69) is 5.32 Å².